The van der Waals surface area contributed by atoms with Crippen molar-refractivity contribution in [2.75, 3.05) is 40.5 Å². The fourth-order valence-corrected chi connectivity index (χ4v) is 6.15. The van der Waals surface area contributed by atoms with Crippen LogP contribution in [0.5, 0.6) is 0 Å². The van der Waals surface area contributed by atoms with Gasteiger partial charge in [-0.15, -0.1) is 0 Å². The maximum absolute atomic E-state index is 6.32. The van der Waals surface area contributed by atoms with E-state index in [9.17, 15) is 0 Å². The Morgan fingerprint density at radius 2 is 1.04 bits per heavy atom. The Morgan fingerprint density at radius 1 is 0.533 bits per heavy atom. The van der Waals surface area contributed by atoms with Crippen molar-refractivity contribution < 1.29 is 9.47 Å². The van der Waals surface area contributed by atoms with Gasteiger partial charge in [0.25, 0.3) is 0 Å². The molecule has 268 valence electrons. The second kappa shape index (κ2) is 33.3. The van der Waals surface area contributed by atoms with Crippen molar-refractivity contribution in [3.8, 4) is 0 Å². The van der Waals surface area contributed by atoms with Gasteiger partial charge in [0.05, 0.1) is 12.7 Å². The molecule has 0 aliphatic heterocycles. The van der Waals surface area contributed by atoms with Gasteiger partial charge in [-0.25, -0.2) is 0 Å². The molecule has 0 radical (unpaired) electrons. The minimum absolute atomic E-state index is 0.180. The van der Waals surface area contributed by atoms with Gasteiger partial charge >= 0.3 is 0 Å². The van der Waals surface area contributed by atoms with Crippen LogP contribution in [0.2, 0.25) is 0 Å². The number of hydrogen-bond acceptors (Lipinski definition) is 3. The molecule has 0 aromatic rings. The van der Waals surface area contributed by atoms with E-state index in [0.717, 1.165) is 62.9 Å². The second-order valence-corrected chi connectivity index (χ2v) is 15.4. The van der Waals surface area contributed by atoms with Crippen LogP contribution < -0.4 is 0 Å². The van der Waals surface area contributed by atoms with E-state index < -0.39 is 0 Å². The van der Waals surface area contributed by atoms with Crippen LogP contribution in [-0.4, -0.2) is 51.5 Å². The molecule has 3 nitrogen and oxygen atoms in total. The van der Waals surface area contributed by atoms with Crippen LogP contribution in [0.1, 0.15) is 176 Å². The third-order valence-electron chi connectivity index (χ3n) is 9.34. The number of allylic oxidation sites excluding steroid dienone is 4. The molecule has 3 heteroatoms. The maximum Gasteiger partial charge on any atom is 0.0934 e. The molecule has 0 aromatic heterocycles. The molecule has 0 fully saturated rings. The van der Waals surface area contributed by atoms with E-state index in [-0.39, 0.29) is 6.10 Å². The van der Waals surface area contributed by atoms with Crippen molar-refractivity contribution in [1.29, 1.82) is 0 Å². The molecule has 0 spiro atoms. The number of ether oxygens (including phenoxy) is 2. The van der Waals surface area contributed by atoms with Gasteiger partial charge in [-0.3, -0.25) is 0 Å². The standard InChI is InChI=1S/C42H83NO2/c1-9-10-11-12-13-14-15-16-17-18-19-20-21-22-23-34-44-37-42(36-43(7)8)45-35-33-41(6)32-26-31-40(5)30-25-29-39(4)28-24-27-38(2)3/h12-13,15-16,38-42H,9-11,14,17-37H2,1-8H3. The minimum atomic E-state index is 0.180. The molecule has 0 aliphatic carbocycles. The number of unbranched alkanes of at least 4 members (excludes halogenated alkanes) is 8. The maximum atomic E-state index is 6.32. The predicted molar refractivity (Wildman–Crippen MR) is 202 cm³/mol. The predicted octanol–water partition coefficient (Wildman–Crippen LogP) is 12.8. The first kappa shape index (κ1) is 44.4. The molecule has 4 atom stereocenters. The topological polar surface area (TPSA) is 21.7 Å². The summed E-state index contributed by atoms with van der Waals surface area (Å²) in [5.41, 5.74) is 0. The Hall–Kier alpha value is -0.640. The molecular formula is C42H83NO2. The highest BCUT2D eigenvalue weighted by Gasteiger charge is 2.13. The van der Waals surface area contributed by atoms with E-state index >= 15 is 0 Å². The van der Waals surface area contributed by atoms with Gasteiger partial charge in [0.1, 0.15) is 0 Å². The first-order valence-electron chi connectivity index (χ1n) is 19.9. The number of hydrogen-bond donors (Lipinski definition) is 0. The van der Waals surface area contributed by atoms with Crippen molar-refractivity contribution in [2.24, 2.45) is 23.7 Å². The van der Waals surface area contributed by atoms with Crippen LogP contribution in [-0.2, 0) is 9.47 Å². The first-order valence-corrected chi connectivity index (χ1v) is 19.9. The van der Waals surface area contributed by atoms with Gasteiger partial charge in [0.15, 0.2) is 0 Å². The monoisotopic (exact) mass is 634 g/mol. The van der Waals surface area contributed by atoms with E-state index in [1.54, 1.807) is 0 Å². The van der Waals surface area contributed by atoms with E-state index in [4.69, 9.17) is 9.47 Å². The Balaban J connectivity index is 3.79. The summed E-state index contributed by atoms with van der Waals surface area (Å²) < 4.78 is 12.4. The lowest BCUT2D eigenvalue weighted by Crippen LogP contribution is -2.33. The summed E-state index contributed by atoms with van der Waals surface area (Å²) in [4.78, 5) is 2.23. The number of nitrogens with zero attached hydrogens (tertiary/aromatic N) is 1. The average molecular weight is 634 g/mol. The molecular weight excluding hydrogens is 550 g/mol. The Labute approximate surface area is 284 Å². The van der Waals surface area contributed by atoms with Gasteiger partial charge in [0, 0.05) is 19.8 Å². The highest BCUT2D eigenvalue weighted by molar-refractivity contribution is 4.92. The van der Waals surface area contributed by atoms with E-state index in [1.807, 2.05) is 0 Å². The fourth-order valence-electron chi connectivity index (χ4n) is 6.15. The lowest BCUT2D eigenvalue weighted by Gasteiger charge is -2.22. The third kappa shape index (κ3) is 34.5. The summed E-state index contributed by atoms with van der Waals surface area (Å²) in [5.74, 6) is 3.38. The summed E-state index contributed by atoms with van der Waals surface area (Å²) in [5, 5.41) is 0. The molecule has 0 aliphatic rings. The summed E-state index contributed by atoms with van der Waals surface area (Å²) >= 11 is 0. The van der Waals surface area contributed by atoms with Gasteiger partial charge in [0.2, 0.25) is 0 Å². The molecule has 0 aromatic carbocycles. The normalized spacial score (nSPS) is 15.2. The number of rotatable bonds is 34. The summed E-state index contributed by atoms with van der Waals surface area (Å²) in [6.45, 7) is 17.7. The Bertz CT molecular complexity index is 643. The lowest BCUT2D eigenvalue weighted by atomic mass is 9.91. The summed E-state index contributed by atoms with van der Waals surface area (Å²) in [6, 6.07) is 0. The molecule has 0 amide bonds. The van der Waals surface area contributed by atoms with Crippen LogP contribution in [0.25, 0.3) is 0 Å². The summed E-state index contributed by atoms with van der Waals surface area (Å²) in [7, 11) is 4.27. The third-order valence-corrected chi connectivity index (χ3v) is 9.34. The van der Waals surface area contributed by atoms with Crippen LogP contribution in [0.15, 0.2) is 24.3 Å². The lowest BCUT2D eigenvalue weighted by molar-refractivity contribution is -0.0311. The van der Waals surface area contributed by atoms with E-state index in [0.29, 0.717) is 0 Å². The van der Waals surface area contributed by atoms with Crippen molar-refractivity contribution in [3.63, 3.8) is 0 Å². The molecule has 0 rings (SSSR count). The molecule has 0 saturated heterocycles. The van der Waals surface area contributed by atoms with Crippen LogP contribution in [0, 0.1) is 23.7 Å². The molecule has 0 N–H and O–H groups in total. The first-order chi connectivity index (χ1) is 21.7. The van der Waals surface area contributed by atoms with Gasteiger partial charge in [-0.1, -0.05) is 162 Å². The zero-order valence-electron chi connectivity index (χ0n) is 32.1. The van der Waals surface area contributed by atoms with Gasteiger partial charge in [-0.05, 0) is 76.3 Å². The average Bonchev–Trinajstić information content (AvgIpc) is 2.98. The van der Waals surface area contributed by atoms with Gasteiger partial charge < -0.3 is 14.4 Å². The smallest absolute Gasteiger partial charge is 0.0934 e. The van der Waals surface area contributed by atoms with Crippen molar-refractivity contribution >= 4 is 0 Å². The summed E-state index contributed by atoms with van der Waals surface area (Å²) in [6.07, 6.45) is 37.2. The van der Waals surface area contributed by atoms with Crippen molar-refractivity contribution in [1.82, 2.24) is 4.90 Å². The molecule has 0 bridgehead atoms. The minimum Gasteiger partial charge on any atom is -0.379 e. The molecule has 4 unspecified atom stereocenters. The van der Waals surface area contributed by atoms with E-state index in [1.165, 1.54) is 122 Å². The highest BCUT2D eigenvalue weighted by atomic mass is 16.5. The molecule has 45 heavy (non-hydrogen) atoms. The molecule has 0 heterocycles. The highest BCUT2D eigenvalue weighted by Crippen LogP contribution is 2.23. The molecule has 0 saturated carbocycles. The number of likely N-dealkylation sites (N-methyl/N-ethyl adjacent to an activating group) is 1. The Kier molecular flexibility index (Phi) is 32.8. The fraction of sp³-hybridized carbons (Fsp3) is 0.905. The zero-order valence-corrected chi connectivity index (χ0v) is 32.1. The largest absolute Gasteiger partial charge is 0.379 e. The zero-order chi connectivity index (χ0) is 33.4. The second-order valence-electron chi connectivity index (χ2n) is 15.4. The van der Waals surface area contributed by atoms with Crippen LogP contribution >= 0.6 is 0 Å². The SMILES string of the molecule is CCCCC=CCC=CCCCCCCCCOCC(CN(C)C)OCCC(C)CCCC(C)CCCC(C)CCCC(C)C. The Morgan fingerprint density at radius 3 is 1.60 bits per heavy atom. The van der Waals surface area contributed by atoms with Crippen LogP contribution in [0.3, 0.4) is 0 Å². The van der Waals surface area contributed by atoms with Gasteiger partial charge in [-0.2, -0.15) is 0 Å². The van der Waals surface area contributed by atoms with Crippen molar-refractivity contribution in [3.05, 3.63) is 24.3 Å². The van der Waals surface area contributed by atoms with Crippen molar-refractivity contribution in [2.45, 2.75) is 182 Å². The quantitative estimate of drug-likeness (QED) is 0.0520. The van der Waals surface area contributed by atoms with Crippen LogP contribution in [0.4, 0.5) is 0 Å². The van der Waals surface area contributed by atoms with E-state index in [2.05, 4.69) is 84.8 Å².